The summed E-state index contributed by atoms with van der Waals surface area (Å²) in [5.74, 6) is -0.700. The molecule has 2 aromatic carbocycles. The normalized spacial score (nSPS) is 13.1. The minimum Gasteiger partial charge on any atom is -0.504 e. The van der Waals surface area contributed by atoms with Gasteiger partial charge in [0.1, 0.15) is 16.3 Å². The summed E-state index contributed by atoms with van der Waals surface area (Å²) >= 11 is 5.95. The van der Waals surface area contributed by atoms with Gasteiger partial charge in [0.25, 0.3) is 20.9 Å². The number of halogens is 1. The predicted octanol–water partition coefficient (Wildman–Crippen LogP) is 1.78. The third-order valence-corrected chi connectivity index (χ3v) is 6.29. The van der Waals surface area contributed by atoms with E-state index >= 15 is 0 Å². The lowest BCUT2D eigenvalue weighted by Gasteiger charge is -2.20. The number of rotatable bonds is 8. The number of hydrogen-bond acceptors (Lipinski definition) is 8. The molecule has 0 aliphatic rings. The van der Waals surface area contributed by atoms with Crippen LogP contribution in [0.5, 0.6) is 5.75 Å². The van der Waals surface area contributed by atoms with Gasteiger partial charge in [0.2, 0.25) is 0 Å². The van der Waals surface area contributed by atoms with E-state index in [0.717, 1.165) is 20.6 Å². The zero-order valence-corrected chi connectivity index (χ0v) is 16.7. The number of phenols is 1. The first-order chi connectivity index (χ1) is 12.6. The highest BCUT2D eigenvalue weighted by Crippen LogP contribution is 2.39. The molecule has 0 aromatic heterocycles. The molecule has 2 aromatic rings. The van der Waals surface area contributed by atoms with E-state index < -0.39 is 31.5 Å². The van der Waals surface area contributed by atoms with Crippen molar-refractivity contribution >= 4 is 38.7 Å². The van der Waals surface area contributed by atoms with E-state index in [1.807, 2.05) is 13.8 Å². The molecule has 0 aliphatic heterocycles. The summed E-state index contributed by atoms with van der Waals surface area (Å²) in [4.78, 5) is 27.8. The lowest BCUT2D eigenvalue weighted by atomic mass is 10.1. The van der Waals surface area contributed by atoms with E-state index in [1.165, 1.54) is 12.1 Å². The van der Waals surface area contributed by atoms with Gasteiger partial charge in [0.05, 0.1) is 17.8 Å². The van der Waals surface area contributed by atoms with Crippen LogP contribution in [0, 0.1) is 0 Å². The van der Waals surface area contributed by atoms with E-state index in [2.05, 4.69) is 15.5 Å². The second-order valence-corrected chi connectivity index (χ2v) is 8.14. The molecule has 3 N–H and O–H groups in total. The second kappa shape index (κ2) is 7.85. The van der Waals surface area contributed by atoms with Crippen LogP contribution >= 0.6 is 11.6 Å². The average molecular weight is 418 g/mol. The van der Waals surface area contributed by atoms with Crippen molar-refractivity contribution in [3.63, 3.8) is 0 Å². The maximum Gasteiger partial charge on any atom is 0.269 e. The minimum absolute atomic E-state index is 0.0543. The van der Waals surface area contributed by atoms with Crippen LogP contribution in [0.2, 0.25) is 5.02 Å². The number of phenolic OH excluding ortho intramolecular Hbond substituents is 1. The molecule has 0 unspecified atom stereocenters. The molecule has 0 aliphatic carbocycles. The molecule has 27 heavy (non-hydrogen) atoms. The van der Waals surface area contributed by atoms with Crippen LogP contribution < -0.4 is 21.5 Å². The topological polar surface area (TPSA) is 125 Å². The Morgan fingerprint density at radius 2 is 1.85 bits per heavy atom. The molecule has 0 amide bonds. The smallest absolute Gasteiger partial charge is 0.269 e. The summed E-state index contributed by atoms with van der Waals surface area (Å²) < 4.78 is 25.5. The fourth-order valence-electron chi connectivity index (χ4n) is 2.25. The van der Waals surface area contributed by atoms with Crippen molar-refractivity contribution in [1.82, 2.24) is 4.47 Å². The molecule has 0 spiro atoms. The van der Waals surface area contributed by atoms with Gasteiger partial charge in [-0.2, -0.15) is 0 Å². The molecule has 11 heteroatoms. The maximum atomic E-state index is 12.5. The van der Waals surface area contributed by atoms with E-state index in [1.54, 1.807) is 0 Å². The van der Waals surface area contributed by atoms with Gasteiger partial charge in [-0.15, -0.1) is 0 Å². The number of nitrogens with one attached hydrogen (secondary N) is 2. The standard InChI is InChI=1S/C16H20ClN3O6S/c1-5-8(2)18-11-12(15(23)14(11)22)19-10-7-6-9(17)16(13(10)21)27(24,25)20(3)26-4/h6-8,18-19,21H,5H2,1-4H3/t8-/m0/s1. The molecule has 0 saturated carbocycles. The number of hydroxylamine groups is 1. The lowest BCUT2D eigenvalue weighted by molar-refractivity contribution is -0.0259. The van der Waals surface area contributed by atoms with Gasteiger partial charge >= 0.3 is 0 Å². The first-order valence-corrected chi connectivity index (χ1v) is 9.79. The van der Waals surface area contributed by atoms with Crippen LogP contribution in [0.25, 0.3) is 0 Å². The van der Waals surface area contributed by atoms with Crippen LogP contribution in [0.3, 0.4) is 0 Å². The highest BCUT2D eigenvalue weighted by Gasteiger charge is 2.30. The molecular weight excluding hydrogens is 398 g/mol. The predicted molar refractivity (Wildman–Crippen MR) is 103 cm³/mol. The van der Waals surface area contributed by atoms with Gasteiger partial charge in [0.15, 0.2) is 5.75 Å². The van der Waals surface area contributed by atoms with Crippen molar-refractivity contribution in [3.05, 3.63) is 37.6 Å². The van der Waals surface area contributed by atoms with Gasteiger partial charge in [-0.1, -0.05) is 23.0 Å². The fraction of sp³-hybridized carbons (Fsp3) is 0.375. The zero-order chi connectivity index (χ0) is 20.5. The number of anilines is 3. The molecule has 9 nitrogen and oxygen atoms in total. The molecule has 148 valence electrons. The van der Waals surface area contributed by atoms with Crippen molar-refractivity contribution in [3.8, 4) is 5.75 Å². The number of hydrogen-bond donors (Lipinski definition) is 3. The van der Waals surface area contributed by atoms with Gasteiger partial charge < -0.3 is 15.7 Å². The number of sulfonamides is 1. The van der Waals surface area contributed by atoms with Crippen LogP contribution in [0.4, 0.5) is 17.1 Å². The summed E-state index contributed by atoms with van der Waals surface area (Å²) in [6, 6.07) is 2.49. The zero-order valence-electron chi connectivity index (χ0n) is 15.2. The van der Waals surface area contributed by atoms with Gasteiger partial charge in [-0.25, -0.2) is 8.42 Å². The van der Waals surface area contributed by atoms with Crippen LogP contribution in [-0.2, 0) is 14.9 Å². The Labute approximate surface area is 161 Å². The number of nitrogens with zero attached hydrogens (tertiary/aromatic N) is 1. The van der Waals surface area contributed by atoms with Crippen LogP contribution in [0.15, 0.2) is 26.6 Å². The van der Waals surface area contributed by atoms with Crippen molar-refractivity contribution in [2.75, 3.05) is 24.8 Å². The molecule has 0 heterocycles. The summed E-state index contributed by atoms with van der Waals surface area (Å²) in [7, 11) is -1.98. The van der Waals surface area contributed by atoms with Gasteiger partial charge in [-0.05, 0) is 25.5 Å². The Morgan fingerprint density at radius 3 is 2.41 bits per heavy atom. The first-order valence-electron chi connectivity index (χ1n) is 7.97. The van der Waals surface area contributed by atoms with Gasteiger partial charge in [-0.3, -0.25) is 14.4 Å². The monoisotopic (exact) mass is 417 g/mol. The SMILES string of the molecule is CC[C@H](C)Nc1c(Nc2ccc(Cl)c(S(=O)(=O)N(C)OC)c2O)c(=O)c1=O. The van der Waals surface area contributed by atoms with Crippen LogP contribution in [-0.4, -0.2) is 38.2 Å². The highest BCUT2D eigenvalue weighted by atomic mass is 35.5. The Hall–Kier alpha value is -2.14. The van der Waals surface area contributed by atoms with Crippen molar-refractivity contribution in [2.45, 2.75) is 31.2 Å². The maximum absolute atomic E-state index is 12.5. The Kier molecular flexibility index (Phi) is 6.15. The lowest BCUT2D eigenvalue weighted by Crippen LogP contribution is -2.38. The third kappa shape index (κ3) is 3.79. The van der Waals surface area contributed by atoms with E-state index in [4.69, 9.17) is 11.6 Å². The van der Waals surface area contributed by atoms with Crippen LogP contribution in [0.1, 0.15) is 20.3 Å². The largest absolute Gasteiger partial charge is 0.504 e. The highest BCUT2D eigenvalue weighted by molar-refractivity contribution is 7.89. The molecule has 2 rings (SSSR count). The van der Waals surface area contributed by atoms with E-state index in [9.17, 15) is 23.1 Å². The summed E-state index contributed by atoms with van der Waals surface area (Å²) in [5, 5.41) is 15.7. The van der Waals surface area contributed by atoms with E-state index in [-0.39, 0.29) is 28.1 Å². The molecule has 0 saturated heterocycles. The van der Waals surface area contributed by atoms with Crippen molar-refractivity contribution < 1.29 is 18.4 Å². The van der Waals surface area contributed by atoms with Crippen molar-refractivity contribution in [2.24, 2.45) is 0 Å². The molecule has 0 bridgehead atoms. The number of benzene rings is 1. The molecular formula is C16H20ClN3O6S. The third-order valence-electron chi connectivity index (χ3n) is 4.11. The molecule has 0 fully saturated rings. The summed E-state index contributed by atoms with van der Waals surface area (Å²) in [5.41, 5.74) is -1.52. The summed E-state index contributed by atoms with van der Waals surface area (Å²) in [6.45, 7) is 3.75. The summed E-state index contributed by atoms with van der Waals surface area (Å²) in [6.07, 6.45) is 0.718. The Bertz CT molecular complexity index is 1030. The Balaban J connectivity index is 2.50. The minimum atomic E-state index is -4.25. The first kappa shape index (κ1) is 21.2. The Morgan fingerprint density at radius 1 is 1.26 bits per heavy atom. The average Bonchev–Trinajstić information content (AvgIpc) is 2.64. The number of aromatic hydroxyl groups is 1. The second-order valence-electron chi connectivity index (χ2n) is 5.86. The quantitative estimate of drug-likeness (QED) is 0.337. The fourth-order valence-corrected chi connectivity index (χ4v) is 3.82. The molecule has 0 radical (unpaired) electrons. The van der Waals surface area contributed by atoms with Crippen molar-refractivity contribution in [1.29, 1.82) is 0 Å². The molecule has 1 atom stereocenters. The van der Waals surface area contributed by atoms with E-state index in [0.29, 0.717) is 4.47 Å². The van der Waals surface area contributed by atoms with Gasteiger partial charge in [0, 0.05) is 13.1 Å².